The Morgan fingerprint density at radius 2 is 2.29 bits per heavy atom. The van der Waals surface area contributed by atoms with Crippen LogP contribution in [0.15, 0.2) is 18.2 Å². The Kier molecular flexibility index (Phi) is 3.89. The first-order valence-electron chi connectivity index (χ1n) is 6.48. The lowest BCUT2D eigenvalue weighted by atomic mass is 9.95. The third-order valence-electron chi connectivity index (χ3n) is 3.68. The molecule has 0 bridgehead atoms. The molecule has 1 aliphatic heterocycles. The summed E-state index contributed by atoms with van der Waals surface area (Å²) in [7, 11) is 0. The van der Waals surface area contributed by atoms with E-state index in [0.29, 0.717) is 5.75 Å². The lowest BCUT2D eigenvalue weighted by molar-refractivity contribution is 0.163. The lowest BCUT2D eigenvalue weighted by Gasteiger charge is -2.32. The van der Waals surface area contributed by atoms with E-state index in [9.17, 15) is 5.11 Å². The second-order valence-corrected chi connectivity index (χ2v) is 5.04. The fraction of sp³-hybridized carbons (Fsp3) is 0.571. The highest BCUT2D eigenvalue weighted by Gasteiger charge is 2.19. The number of nitrogen functional groups attached to an aromatic ring is 1. The third kappa shape index (κ3) is 3.13. The van der Waals surface area contributed by atoms with Gasteiger partial charge < -0.3 is 10.8 Å². The highest BCUT2D eigenvalue weighted by molar-refractivity contribution is 5.47. The number of nitrogens with zero attached hydrogens (tertiary/aromatic N) is 1. The number of benzene rings is 1. The fourth-order valence-corrected chi connectivity index (χ4v) is 2.60. The maximum atomic E-state index is 9.81. The summed E-state index contributed by atoms with van der Waals surface area (Å²) in [5, 5.41) is 9.81. The summed E-state index contributed by atoms with van der Waals surface area (Å²) in [6.45, 7) is 5.34. The van der Waals surface area contributed by atoms with Crippen molar-refractivity contribution in [3.05, 3.63) is 23.8 Å². The van der Waals surface area contributed by atoms with E-state index in [1.165, 1.54) is 19.3 Å². The number of aromatic hydroxyl groups is 1. The molecular weight excluding hydrogens is 212 g/mol. The van der Waals surface area contributed by atoms with Gasteiger partial charge in [0, 0.05) is 24.3 Å². The molecule has 0 amide bonds. The van der Waals surface area contributed by atoms with Crippen molar-refractivity contribution in [3.63, 3.8) is 0 Å². The van der Waals surface area contributed by atoms with Crippen LogP contribution in [0, 0.1) is 5.92 Å². The molecule has 3 N–H and O–H groups in total. The number of anilines is 1. The van der Waals surface area contributed by atoms with E-state index in [4.69, 9.17) is 5.73 Å². The molecule has 1 aliphatic rings. The summed E-state index contributed by atoms with van der Waals surface area (Å²) < 4.78 is 0. The molecule has 1 fully saturated rings. The topological polar surface area (TPSA) is 49.5 Å². The van der Waals surface area contributed by atoms with Crippen LogP contribution in [0.25, 0.3) is 0 Å². The molecule has 1 unspecified atom stereocenters. The van der Waals surface area contributed by atoms with Gasteiger partial charge >= 0.3 is 0 Å². The van der Waals surface area contributed by atoms with Crippen molar-refractivity contribution in [3.8, 4) is 5.75 Å². The molecule has 3 nitrogen and oxygen atoms in total. The predicted octanol–water partition coefficient (Wildman–Crippen LogP) is 2.60. The number of phenolic OH excluding ortho intramolecular Hbond substituents is 1. The molecule has 1 atom stereocenters. The monoisotopic (exact) mass is 234 g/mol. The minimum absolute atomic E-state index is 0.359. The smallest absolute Gasteiger partial charge is 0.120 e. The fourth-order valence-electron chi connectivity index (χ4n) is 2.60. The molecule has 0 aliphatic carbocycles. The number of rotatable bonds is 3. The minimum Gasteiger partial charge on any atom is -0.508 e. The molecule has 1 aromatic rings. The molecule has 0 saturated carbocycles. The van der Waals surface area contributed by atoms with Gasteiger partial charge in [-0.1, -0.05) is 13.3 Å². The van der Waals surface area contributed by atoms with Gasteiger partial charge in [-0.2, -0.15) is 0 Å². The van der Waals surface area contributed by atoms with Gasteiger partial charge in [0.05, 0.1) is 0 Å². The number of piperidine rings is 1. The lowest BCUT2D eigenvalue weighted by Crippen LogP contribution is -2.34. The molecule has 0 aromatic heterocycles. The number of likely N-dealkylation sites (tertiary alicyclic amines) is 1. The Labute approximate surface area is 103 Å². The summed E-state index contributed by atoms with van der Waals surface area (Å²) in [6, 6.07) is 5.31. The molecule has 0 spiro atoms. The first-order chi connectivity index (χ1) is 8.19. The standard InChI is InChI=1S/C14H22N2O/c1-2-11-4-3-7-16(9-11)10-12-8-13(15)5-6-14(12)17/h5-6,8,11,17H,2-4,7,9-10,15H2,1H3. The molecule has 1 saturated heterocycles. The van der Waals surface area contributed by atoms with Crippen LogP contribution in [0.3, 0.4) is 0 Å². The van der Waals surface area contributed by atoms with Crippen molar-refractivity contribution in [1.29, 1.82) is 0 Å². The van der Waals surface area contributed by atoms with E-state index >= 15 is 0 Å². The highest BCUT2D eigenvalue weighted by Crippen LogP contribution is 2.25. The van der Waals surface area contributed by atoms with Gasteiger partial charge in [0.25, 0.3) is 0 Å². The predicted molar refractivity (Wildman–Crippen MR) is 70.8 cm³/mol. The van der Waals surface area contributed by atoms with Crippen LogP contribution in [0.2, 0.25) is 0 Å². The second kappa shape index (κ2) is 5.41. The Bertz CT molecular complexity index is 378. The van der Waals surface area contributed by atoms with Crippen molar-refractivity contribution in [2.45, 2.75) is 32.7 Å². The van der Waals surface area contributed by atoms with Crippen molar-refractivity contribution in [2.75, 3.05) is 18.8 Å². The van der Waals surface area contributed by atoms with Gasteiger partial charge in [-0.15, -0.1) is 0 Å². The number of hydrogen-bond donors (Lipinski definition) is 2. The van der Waals surface area contributed by atoms with Crippen LogP contribution < -0.4 is 5.73 Å². The Balaban J connectivity index is 2.02. The average molecular weight is 234 g/mol. The quantitative estimate of drug-likeness (QED) is 0.624. The average Bonchev–Trinajstić information content (AvgIpc) is 2.34. The van der Waals surface area contributed by atoms with Gasteiger partial charge in [0.1, 0.15) is 5.75 Å². The van der Waals surface area contributed by atoms with Gasteiger partial charge in [-0.3, -0.25) is 4.90 Å². The van der Waals surface area contributed by atoms with E-state index < -0.39 is 0 Å². The van der Waals surface area contributed by atoms with Crippen LogP contribution in [0.1, 0.15) is 31.7 Å². The van der Waals surface area contributed by atoms with Gasteiger partial charge in [0.15, 0.2) is 0 Å². The van der Waals surface area contributed by atoms with E-state index in [2.05, 4.69) is 11.8 Å². The second-order valence-electron chi connectivity index (χ2n) is 5.04. The number of hydrogen-bond acceptors (Lipinski definition) is 3. The van der Waals surface area contributed by atoms with E-state index in [1.54, 1.807) is 12.1 Å². The highest BCUT2D eigenvalue weighted by atomic mass is 16.3. The number of nitrogens with two attached hydrogens (primary N) is 1. The summed E-state index contributed by atoms with van der Waals surface area (Å²) in [5.41, 5.74) is 7.43. The Morgan fingerprint density at radius 1 is 1.47 bits per heavy atom. The van der Waals surface area contributed by atoms with Crippen molar-refractivity contribution < 1.29 is 5.11 Å². The maximum Gasteiger partial charge on any atom is 0.120 e. The SMILES string of the molecule is CCC1CCCN(Cc2cc(N)ccc2O)C1. The molecule has 94 valence electrons. The van der Waals surface area contributed by atoms with Crippen molar-refractivity contribution >= 4 is 5.69 Å². The van der Waals surface area contributed by atoms with Gasteiger partial charge in [-0.05, 0) is 43.5 Å². The summed E-state index contributed by atoms with van der Waals surface area (Å²) in [6.07, 6.45) is 3.86. The zero-order chi connectivity index (χ0) is 12.3. The molecule has 3 heteroatoms. The van der Waals surface area contributed by atoms with Crippen LogP contribution in [0.5, 0.6) is 5.75 Å². The Morgan fingerprint density at radius 3 is 3.06 bits per heavy atom. The van der Waals surface area contributed by atoms with Crippen LogP contribution in [0.4, 0.5) is 5.69 Å². The van der Waals surface area contributed by atoms with E-state index in [-0.39, 0.29) is 0 Å². The van der Waals surface area contributed by atoms with Crippen molar-refractivity contribution in [2.24, 2.45) is 5.92 Å². The first-order valence-corrected chi connectivity index (χ1v) is 6.48. The zero-order valence-corrected chi connectivity index (χ0v) is 10.5. The normalized spacial score (nSPS) is 21.6. The summed E-state index contributed by atoms with van der Waals surface area (Å²) in [4.78, 5) is 2.42. The van der Waals surface area contributed by atoms with Gasteiger partial charge in [-0.25, -0.2) is 0 Å². The molecule has 1 heterocycles. The first kappa shape index (κ1) is 12.2. The molecule has 2 rings (SSSR count). The summed E-state index contributed by atoms with van der Waals surface area (Å²) in [5.74, 6) is 1.17. The maximum absolute atomic E-state index is 9.81. The summed E-state index contributed by atoms with van der Waals surface area (Å²) >= 11 is 0. The van der Waals surface area contributed by atoms with E-state index in [0.717, 1.165) is 36.8 Å². The zero-order valence-electron chi connectivity index (χ0n) is 10.5. The van der Waals surface area contributed by atoms with Crippen LogP contribution in [-0.2, 0) is 6.54 Å². The molecular formula is C14H22N2O. The number of phenols is 1. The van der Waals surface area contributed by atoms with Crippen LogP contribution >= 0.6 is 0 Å². The molecule has 1 aromatic carbocycles. The van der Waals surface area contributed by atoms with Crippen LogP contribution in [-0.4, -0.2) is 23.1 Å². The largest absolute Gasteiger partial charge is 0.508 e. The van der Waals surface area contributed by atoms with E-state index in [1.807, 2.05) is 6.07 Å². The third-order valence-corrected chi connectivity index (χ3v) is 3.68. The Hall–Kier alpha value is -1.22. The van der Waals surface area contributed by atoms with Crippen molar-refractivity contribution in [1.82, 2.24) is 4.90 Å². The van der Waals surface area contributed by atoms with Gasteiger partial charge in [0.2, 0.25) is 0 Å². The molecule has 0 radical (unpaired) electrons. The minimum atomic E-state index is 0.359. The molecule has 17 heavy (non-hydrogen) atoms.